The second kappa shape index (κ2) is 8.41. The van der Waals surface area contributed by atoms with Gasteiger partial charge in [0, 0.05) is 5.56 Å². The fourth-order valence-corrected chi connectivity index (χ4v) is 1.92. The van der Waals surface area contributed by atoms with Crippen molar-refractivity contribution in [3.05, 3.63) is 23.8 Å². The second-order valence-corrected chi connectivity index (χ2v) is 6.10. The molecular formula is C17H25NO5. The van der Waals surface area contributed by atoms with Crippen LogP contribution in [-0.4, -0.2) is 36.7 Å². The van der Waals surface area contributed by atoms with Crippen molar-refractivity contribution in [2.75, 3.05) is 13.7 Å². The van der Waals surface area contributed by atoms with Crippen molar-refractivity contribution in [2.24, 2.45) is 11.8 Å². The molecule has 1 atom stereocenters. The summed E-state index contributed by atoms with van der Waals surface area (Å²) < 4.78 is 10.9. The SMILES string of the molecule is COc1cc(C(=O)N[C@@H](C(=O)O)C(C)C)ccc1OCC(C)C. The minimum Gasteiger partial charge on any atom is -0.493 e. The van der Waals surface area contributed by atoms with Gasteiger partial charge in [0.05, 0.1) is 13.7 Å². The molecule has 2 N–H and O–H groups in total. The third-order valence-corrected chi connectivity index (χ3v) is 3.22. The van der Waals surface area contributed by atoms with Crippen LogP contribution in [0, 0.1) is 11.8 Å². The van der Waals surface area contributed by atoms with Gasteiger partial charge in [-0.25, -0.2) is 4.79 Å². The molecular weight excluding hydrogens is 298 g/mol. The Morgan fingerprint density at radius 1 is 1.17 bits per heavy atom. The zero-order valence-electron chi connectivity index (χ0n) is 14.3. The van der Waals surface area contributed by atoms with Crippen LogP contribution < -0.4 is 14.8 Å². The molecule has 0 aliphatic rings. The van der Waals surface area contributed by atoms with Crippen LogP contribution >= 0.6 is 0 Å². The molecule has 0 saturated carbocycles. The van der Waals surface area contributed by atoms with Gasteiger partial charge < -0.3 is 19.9 Å². The van der Waals surface area contributed by atoms with E-state index in [-0.39, 0.29) is 5.92 Å². The van der Waals surface area contributed by atoms with Gasteiger partial charge in [-0.2, -0.15) is 0 Å². The Bertz CT molecular complexity index is 554. The standard InChI is InChI=1S/C17H25NO5/c1-10(2)9-23-13-7-6-12(8-14(13)22-5)16(19)18-15(11(3)4)17(20)21/h6-8,10-11,15H,9H2,1-5H3,(H,18,19)(H,20,21)/t15-/m1/s1. The van der Waals surface area contributed by atoms with Crippen molar-refractivity contribution in [1.29, 1.82) is 0 Å². The number of methoxy groups -OCH3 is 1. The molecule has 1 aromatic rings. The Labute approximate surface area is 136 Å². The van der Waals surface area contributed by atoms with Crippen LogP contribution in [-0.2, 0) is 4.79 Å². The first kappa shape index (κ1) is 18.8. The van der Waals surface area contributed by atoms with E-state index in [9.17, 15) is 9.59 Å². The number of hydrogen-bond acceptors (Lipinski definition) is 4. The summed E-state index contributed by atoms with van der Waals surface area (Å²) in [5.41, 5.74) is 0.325. The number of hydrogen-bond donors (Lipinski definition) is 2. The number of benzene rings is 1. The number of carboxylic acids is 1. The van der Waals surface area contributed by atoms with Gasteiger partial charge in [-0.3, -0.25) is 4.79 Å². The van der Waals surface area contributed by atoms with E-state index in [1.165, 1.54) is 7.11 Å². The summed E-state index contributed by atoms with van der Waals surface area (Å²) in [6, 6.07) is 3.85. The number of carbonyl (C=O) groups is 2. The van der Waals surface area contributed by atoms with Crippen LogP contribution in [0.2, 0.25) is 0 Å². The van der Waals surface area contributed by atoms with Gasteiger partial charge in [0.1, 0.15) is 6.04 Å². The Hall–Kier alpha value is -2.24. The smallest absolute Gasteiger partial charge is 0.326 e. The van der Waals surface area contributed by atoms with Crippen LogP contribution in [0.15, 0.2) is 18.2 Å². The fraction of sp³-hybridized carbons (Fsp3) is 0.529. The summed E-state index contributed by atoms with van der Waals surface area (Å²) in [5, 5.41) is 11.7. The van der Waals surface area contributed by atoms with Gasteiger partial charge in [-0.05, 0) is 30.0 Å². The van der Waals surface area contributed by atoms with Gasteiger partial charge >= 0.3 is 5.97 Å². The highest BCUT2D eigenvalue weighted by Crippen LogP contribution is 2.28. The highest BCUT2D eigenvalue weighted by molar-refractivity contribution is 5.97. The van der Waals surface area contributed by atoms with E-state index >= 15 is 0 Å². The average Bonchev–Trinajstić information content (AvgIpc) is 2.49. The number of aliphatic carboxylic acids is 1. The predicted molar refractivity (Wildman–Crippen MR) is 87.1 cm³/mol. The van der Waals surface area contributed by atoms with E-state index in [0.29, 0.717) is 29.6 Å². The van der Waals surface area contributed by atoms with E-state index in [2.05, 4.69) is 5.32 Å². The summed E-state index contributed by atoms with van der Waals surface area (Å²) in [6.45, 7) is 8.08. The molecule has 1 rings (SSSR count). The molecule has 0 saturated heterocycles. The molecule has 0 aliphatic heterocycles. The van der Waals surface area contributed by atoms with E-state index in [1.54, 1.807) is 32.0 Å². The van der Waals surface area contributed by atoms with Crippen molar-refractivity contribution >= 4 is 11.9 Å². The highest BCUT2D eigenvalue weighted by Gasteiger charge is 2.24. The van der Waals surface area contributed by atoms with Crippen molar-refractivity contribution in [2.45, 2.75) is 33.7 Å². The average molecular weight is 323 g/mol. The predicted octanol–water partition coefficient (Wildman–Crippen LogP) is 2.57. The molecule has 0 spiro atoms. The molecule has 6 heteroatoms. The first-order chi connectivity index (χ1) is 10.8. The van der Waals surface area contributed by atoms with Crippen LogP contribution in [0.5, 0.6) is 11.5 Å². The lowest BCUT2D eigenvalue weighted by Gasteiger charge is -2.18. The van der Waals surface area contributed by atoms with Gasteiger partial charge in [-0.15, -0.1) is 0 Å². The van der Waals surface area contributed by atoms with E-state index in [1.807, 2.05) is 13.8 Å². The topological polar surface area (TPSA) is 84.9 Å². The van der Waals surface area contributed by atoms with Crippen molar-refractivity contribution in [3.8, 4) is 11.5 Å². The Morgan fingerprint density at radius 2 is 1.83 bits per heavy atom. The summed E-state index contributed by atoms with van der Waals surface area (Å²) in [4.78, 5) is 23.4. The molecule has 6 nitrogen and oxygen atoms in total. The number of amides is 1. The van der Waals surface area contributed by atoms with Crippen molar-refractivity contribution in [1.82, 2.24) is 5.32 Å². The van der Waals surface area contributed by atoms with Crippen LogP contribution in [0.1, 0.15) is 38.1 Å². The monoisotopic (exact) mass is 323 g/mol. The lowest BCUT2D eigenvalue weighted by atomic mass is 10.0. The summed E-state index contributed by atoms with van der Waals surface area (Å²) >= 11 is 0. The number of ether oxygens (including phenoxy) is 2. The number of nitrogens with one attached hydrogen (secondary N) is 1. The fourth-order valence-electron chi connectivity index (χ4n) is 1.92. The Balaban J connectivity index is 2.91. The maximum absolute atomic E-state index is 12.2. The van der Waals surface area contributed by atoms with Crippen molar-refractivity contribution < 1.29 is 24.2 Å². The molecule has 0 heterocycles. The van der Waals surface area contributed by atoms with E-state index in [0.717, 1.165) is 0 Å². The molecule has 0 bridgehead atoms. The lowest BCUT2D eigenvalue weighted by molar-refractivity contribution is -0.140. The van der Waals surface area contributed by atoms with Gasteiger partial charge in [0.25, 0.3) is 5.91 Å². The van der Waals surface area contributed by atoms with Crippen LogP contribution in [0.3, 0.4) is 0 Å². The maximum Gasteiger partial charge on any atom is 0.326 e. The molecule has 0 aromatic heterocycles. The normalized spacial score (nSPS) is 12.1. The molecule has 0 unspecified atom stereocenters. The van der Waals surface area contributed by atoms with E-state index < -0.39 is 17.9 Å². The lowest BCUT2D eigenvalue weighted by Crippen LogP contribution is -2.44. The summed E-state index contributed by atoms with van der Waals surface area (Å²) in [6.07, 6.45) is 0. The molecule has 128 valence electrons. The molecule has 0 radical (unpaired) electrons. The molecule has 0 fully saturated rings. The first-order valence-electron chi connectivity index (χ1n) is 7.60. The minimum atomic E-state index is -1.06. The van der Waals surface area contributed by atoms with Crippen LogP contribution in [0.25, 0.3) is 0 Å². The number of carboxylic acid groups (broad SMARTS) is 1. The zero-order chi connectivity index (χ0) is 17.6. The first-order valence-corrected chi connectivity index (χ1v) is 7.60. The molecule has 1 aromatic carbocycles. The van der Waals surface area contributed by atoms with E-state index in [4.69, 9.17) is 14.6 Å². The van der Waals surface area contributed by atoms with Gasteiger partial charge in [0.15, 0.2) is 11.5 Å². The molecule has 1 amide bonds. The van der Waals surface area contributed by atoms with Crippen LogP contribution in [0.4, 0.5) is 0 Å². The Kier molecular flexibility index (Phi) is 6.88. The summed E-state index contributed by atoms with van der Waals surface area (Å²) in [7, 11) is 1.49. The maximum atomic E-state index is 12.2. The Morgan fingerprint density at radius 3 is 2.30 bits per heavy atom. The minimum absolute atomic E-state index is 0.216. The number of rotatable bonds is 8. The van der Waals surface area contributed by atoms with Gasteiger partial charge in [0.2, 0.25) is 0 Å². The third-order valence-electron chi connectivity index (χ3n) is 3.22. The largest absolute Gasteiger partial charge is 0.493 e. The zero-order valence-corrected chi connectivity index (χ0v) is 14.3. The van der Waals surface area contributed by atoms with Gasteiger partial charge in [-0.1, -0.05) is 27.7 Å². The molecule has 23 heavy (non-hydrogen) atoms. The third kappa shape index (κ3) is 5.47. The quantitative estimate of drug-likeness (QED) is 0.768. The second-order valence-electron chi connectivity index (χ2n) is 6.10. The van der Waals surface area contributed by atoms with Crippen molar-refractivity contribution in [3.63, 3.8) is 0 Å². The number of carbonyl (C=O) groups excluding carboxylic acids is 1. The molecule has 0 aliphatic carbocycles. The summed E-state index contributed by atoms with van der Waals surface area (Å²) in [5.74, 6) is -0.375. The highest BCUT2D eigenvalue weighted by atomic mass is 16.5.